The monoisotopic (exact) mass is 314 g/mol. The second kappa shape index (κ2) is 8.08. The Kier molecular flexibility index (Phi) is 5.86. The maximum atomic E-state index is 13.7. The van der Waals surface area contributed by atoms with E-state index in [1.54, 1.807) is 6.07 Å². The van der Waals surface area contributed by atoms with Crippen LogP contribution in [-0.2, 0) is 11.3 Å². The first-order chi connectivity index (χ1) is 11.1. The van der Waals surface area contributed by atoms with Crippen LogP contribution in [0, 0.1) is 5.82 Å². The molecule has 0 spiro atoms. The minimum Gasteiger partial charge on any atom is -0.384 e. The fraction of sp³-hybridized carbons (Fsp3) is 0.222. The number of carbonyl (C=O) groups is 2. The van der Waals surface area contributed by atoms with Crippen LogP contribution in [0.2, 0.25) is 0 Å². The highest BCUT2D eigenvalue weighted by Crippen LogP contribution is 2.19. The van der Waals surface area contributed by atoms with Crippen molar-refractivity contribution < 1.29 is 14.0 Å². The first kappa shape index (κ1) is 16.7. The molecule has 0 aliphatic carbocycles. The van der Waals surface area contributed by atoms with Gasteiger partial charge >= 0.3 is 0 Å². The van der Waals surface area contributed by atoms with E-state index in [0.29, 0.717) is 18.8 Å². The van der Waals surface area contributed by atoms with Gasteiger partial charge in [0.2, 0.25) is 5.91 Å². The van der Waals surface area contributed by atoms with E-state index in [4.69, 9.17) is 0 Å². The Morgan fingerprint density at radius 3 is 2.48 bits per heavy atom. The second-order valence-corrected chi connectivity index (χ2v) is 5.16. The summed E-state index contributed by atoms with van der Waals surface area (Å²) in [5.74, 6) is -1.02. The number of halogens is 1. The van der Waals surface area contributed by atoms with Gasteiger partial charge < -0.3 is 10.6 Å². The standard InChI is InChI=1S/C18H19FN2O2/c1-13(22)18-15(19)8-5-9-16(18)20-11-10-17(23)21-12-14-6-3-2-4-7-14/h2-9,20H,10-12H2,1H3,(H,21,23). The zero-order valence-corrected chi connectivity index (χ0v) is 12.9. The van der Waals surface area contributed by atoms with Crippen molar-refractivity contribution in [2.45, 2.75) is 19.9 Å². The molecule has 120 valence electrons. The van der Waals surface area contributed by atoms with Gasteiger partial charge in [0, 0.05) is 25.2 Å². The highest BCUT2D eigenvalue weighted by molar-refractivity contribution is 5.99. The number of hydrogen-bond acceptors (Lipinski definition) is 3. The predicted molar refractivity (Wildman–Crippen MR) is 87.8 cm³/mol. The van der Waals surface area contributed by atoms with Crippen molar-refractivity contribution in [3.8, 4) is 0 Å². The molecule has 2 N–H and O–H groups in total. The molecule has 5 heteroatoms. The van der Waals surface area contributed by atoms with Gasteiger partial charge in [-0.3, -0.25) is 9.59 Å². The molecule has 23 heavy (non-hydrogen) atoms. The number of benzene rings is 2. The molecule has 0 radical (unpaired) electrons. The molecule has 0 saturated heterocycles. The Morgan fingerprint density at radius 1 is 1.04 bits per heavy atom. The molecule has 0 heterocycles. The number of nitrogens with one attached hydrogen (secondary N) is 2. The number of Topliss-reactive ketones (excluding diaryl/α,β-unsaturated/α-hetero) is 1. The molecular formula is C18H19FN2O2. The van der Waals surface area contributed by atoms with E-state index < -0.39 is 5.82 Å². The van der Waals surface area contributed by atoms with Gasteiger partial charge in [-0.05, 0) is 24.6 Å². The molecule has 2 aromatic rings. The van der Waals surface area contributed by atoms with Crippen LogP contribution in [0.4, 0.5) is 10.1 Å². The van der Waals surface area contributed by atoms with E-state index in [2.05, 4.69) is 10.6 Å². The van der Waals surface area contributed by atoms with Crippen LogP contribution in [0.1, 0.15) is 29.3 Å². The largest absolute Gasteiger partial charge is 0.384 e. The molecule has 2 aromatic carbocycles. The van der Waals surface area contributed by atoms with Crippen LogP contribution in [0.25, 0.3) is 0 Å². The average Bonchev–Trinajstić information content (AvgIpc) is 2.53. The van der Waals surface area contributed by atoms with Crippen molar-refractivity contribution >= 4 is 17.4 Å². The van der Waals surface area contributed by atoms with Crippen LogP contribution in [-0.4, -0.2) is 18.2 Å². The van der Waals surface area contributed by atoms with Crippen molar-refractivity contribution in [1.29, 1.82) is 0 Å². The minimum absolute atomic E-state index is 0.0252. The number of amides is 1. The van der Waals surface area contributed by atoms with Gasteiger partial charge in [0.05, 0.1) is 5.56 Å². The van der Waals surface area contributed by atoms with E-state index in [9.17, 15) is 14.0 Å². The third kappa shape index (κ3) is 4.92. The lowest BCUT2D eigenvalue weighted by molar-refractivity contribution is -0.121. The van der Waals surface area contributed by atoms with Crippen molar-refractivity contribution in [3.63, 3.8) is 0 Å². The molecular weight excluding hydrogens is 295 g/mol. The molecule has 0 fully saturated rings. The maximum Gasteiger partial charge on any atom is 0.222 e. The second-order valence-electron chi connectivity index (χ2n) is 5.16. The van der Waals surface area contributed by atoms with Crippen LogP contribution < -0.4 is 10.6 Å². The number of anilines is 1. The number of carbonyl (C=O) groups excluding carboxylic acids is 2. The minimum atomic E-state index is -0.559. The van der Waals surface area contributed by atoms with E-state index in [1.165, 1.54) is 19.1 Å². The molecule has 0 aliphatic heterocycles. The summed E-state index contributed by atoms with van der Waals surface area (Å²) < 4.78 is 13.7. The Labute approximate surface area is 134 Å². The quantitative estimate of drug-likeness (QED) is 0.772. The van der Waals surface area contributed by atoms with Gasteiger partial charge in [-0.15, -0.1) is 0 Å². The summed E-state index contributed by atoms with van der Waals surface area (Å²) in [7, 11) is 0. The van der Waals surface area contributed by atoms with E-state index in [-0.39, 0.29) is 23.7 Å². The summed E-state index contributed by atoms with van der Waals surface area (Å²) in [6.07, 6.45) is 0.237. The zero-order chi connectivity index (χ0) is 16.7. The molecule has 0 aromatic heterocycles. The lowest BCUT2D eigenvalue weighted by Gasteiger charge is -2.11. The van der Waals surface area contributed by atoms with Crippen molar-refractivity contribution in [2.24, 2.45) is 0 Å². The van der Waals surface area contributed by atoms with Gasteiger partial charge in [0.25, 0.3) is 0 Å². The number of rotatable bonds is 7. The summed E-state index contributed by atoms with van der Waals surface area (Å²) in [5, 5.41) is 5.76. The fourth-order valence-corrected chi connectivity index (χ4v) is 2.22. The van der Waals surface area contributed by atoms with Crippen molar-refractivity contribution in [1.82, 2.24) is 5.32 Å². The lowest BCUT2D eigenvalue weighted by Crippen LogP contribution is -2.25. The highest BCUT2D eigenvalue weighted by Gasteiger charge is 2.12. The van der Waals surface area contributed by atoms with E-state index in [0.717, 1.165) is 5.56 Å². The lowest BCUT2D eigenvalue weighted by atomic mass is 10.1. The third-order valence-corrected chi connectivity index (χ3v) is 3.37. The predicted octanol–water partition coefficient (Wildman–Crippen LogP) is 3.15. The van der Waals surface area contributed by atoms with Crippen LogP contribution in [0.5, 0.6) is 0 Å². The Balaban J connectivity index is 1.82. The summed E-state index contributed by atoms with van der Waals surface area (Å²) in [4.78, 5) is 23.3. The molecule has 0 aliphatic rings. The van der Waals surface area contributed by atoms with Crippen LogP contribution in [0.15, 0.2) is 48.5 Å². The number of hydrogen-bond donors (Lipinski definition) is 2. The zero-order valence-electron chi connectivity index (χ0n) is 12.9. The first-order valence-electron chi connectivity index (χ1n) is 7.42. The number of ketones is 1. The average molecular weight is 314 g/mol. The smallest absolute Gasteiger partial charge is 0.222 e. The third-order valence-electron chi connectivity index (χ3n) is 3.37. The molecule has 2 rings (SSSR count). The summed E-state index contributed by atoms with van der Waals surface area (Å²) >= 11 is 0. The van der Waals surface area contributed by atoms with Gasteiger partial charge in [0.1, 0.15) is 5.82 Å². The summed E-state index contributed by atoms with van der Waals surface area (Å²) in [6.45, 7) is 2.11. The van der Waals surface area contributed by atoms with Gasteiger partial charge in [-0.2, -0.15) is 0 Å². The molecule has 0 saturated carbocycles. The first-order valence-corrected chi connectivity index (χ1v) is 7.42. The SMILES string of the molecule is CC(=O)c1c(F)cccc1NCCC(=O)NCc1ccccc1. The Morgan fingerprint density at radius 2 is 1.78 bits per heavy atom. The van der Waals surface area contributed by atoms with Gasteiger partial charge in [0.15, 0.2) is 5.78 Å². The topological polar surface area (TPSA) is 58.2 Å². The van der Waals surface area contributed by atoms with Crippen molar-refractivity contribution in [3.05, 3.63) is 65.5 Å². The molecule has 1 amide bonds. The molecule has 4 nitrogen and oxygen atoms in total. The highest BCUT2D eigenvalue weighted by atomic mass is 19.1. The van der Waals surface area contributed by atoms with Gasteiger partial charge in [-0.25, -0.2) is 4.39 Å². The Hall–Kier alpha value is -2.69. The Bertz CT molecular complexity index is 687. The maximum absolute atomic E-state index is 13.7. The van der Waals surface area contributed by atoms with Crippen LogP contribution in [0.3, 0.4) is 0 Å². The summed E-state index contributed by atoms with van der Waals surface area (Å²) in [5.41, 5.74) is 1.46. The normalized spacial score (nSPS) is 10.2. The fourth-order valence-electron chi connectivity index (χ4n) is 2.22. The van der Waals surface area contributed by atoms with Gasteiger partial charge in [-0.1, -0.05) is 36.4 Å². The molecule has 0 unspecified atom stereocenters. The molecule has 0 atom stereocenters. The van der Waals surface area contributed by atoms with E-state index in [1.807, 2.05) is 30.3 Å². The van der Waals surface area contributed by atoms with Crippen LogP contribution >= 0.6 is 0 Å². The molecule has 0 bridgehead atoms. The van der Waals surface area contributed by atoms with Crippen molar-refractivity contribution in [2.75, 3.05) is 11.9 Å². The summed E-state index contributed by atoms with van der Waals surface area (Å²) in [6, 6.07) is 14.0. The van der Waals surface area contributed by atoms with E-state index >= 15 is 0 Å².